The van der Waals surface area contributed by atoms with Crippen LogP contribution in [0.4, 0.5) is 0 Å². The Balaban J connectivity index is 1.93. The molecule has 0 fully saturated rings. The van der Waals surface area contributed by atoms with Gasteiger partial charge in [-0.3, -0.25) is 0 Å². The van der Waals surface area contributed by atoms with Crippen LogP contribution in [0.5, 0.6) is 0 Å². The van der Waals surface area contributed by atoms with E-state index in [4.69, 9.17) is 11.6 Å². The van der Waals surface area contributed by atoms with Gasteiger partial charge in [0.2, 0.25) is 0 Å². The van der Waals surface area contributed by atoms with E-state index in [1.165, 1.54) is 12.0 Å². The highest BCUT2D eigenvalue weighted by atomic mass is 35.5. The second kappa shape index (κ2) is 11.2. The molecular weight excluding hydrogens is 258 g/mol. The van der Waals surface area contributed by atoms with E-state index in [1.54, 1.807) is 0 Å². The minimum atomic E-state index is 0.0600. The summed E-state index contributed by atoms with van der Waals surface area (Å²) in [5.41, 5.74) is 1.18. The standard InChI is InChI=1S/C15H26ClN3/c1-17-9-5-10-18-11-6-12-19-13-15(16)14-7-3-2-4-8-14/h2-4,7-8,15,17-19H,5-6,9-13H2,1H3. The van der Waals surface area contributed by atoms with Gasteiger partial charge in [0.1, 0.15) is 0 Å². The molecule has 1 unspecified atom stereocenters. The summed E-state index contributed by atoms with van der Waals surface area (Å²) in [6.07, 6.45) is 2.32. The zero-order chi connectivity index (χ0) is 13.8. The third-order valence-corrected chi connectivity index (χ3v) is 3.38. The molecule has 3 N–H and O–H groups in total. The fraction of sp³-hybridized carbons (Fsp3) is 0.600. The number of nitrogens with one attached hydrogen (secondary N) is 3. The van der Waals surface area contributed by atoms with E-state index < -0.39 is 0 Å². The first-order valence-electron chi connectivity index (χ1n) is 7.09. The fourth-order valence-corrected chi connectivity index (χ4v) is 2.12. The van der Waals surface area contributed by atoms with E-state index in [9.17, 15) is 0 Å². The molecule has 0 aliphatic rings. The first kappa shape index (κ1) is 16.4. The summed E-state index contributed by atoms with van der Waals surface area (Å²) in [6.45, 7) is 5.06. The maximum atomic E-state index is 6.32. The van der Waals surface area contributed by atoms with E-state index in [0.717, 1.165) is 39.1 Å². The lowest BCUT2D eigenvalue weighted by Gasteiger charge is -2.11. The van der Waals surface area contributed by atoms with E-state index in [-0.39, 0.29) is 5.38 Å². The second-order valence-electron chi connectivity index (χ2n) is 4.64. The number of hydrogen-bond acceptors (Lipinski definition) is 3. The van der Waals surface area contributed by atoms with E-state index in [2.05, 4.69) is 28.1 Å². The molecular formula is C15H26ClN3. The van der Waals surface area contributed by atoms with Crippen LogP contribution in [0.3, 0.4) is 0 Å². The van der Waals surface area contributed by atoms with Crippen molar-refractivity contribution in [2.45, 2.75) is 18.2 Å². The third kappa shape index (κ3) is 8.22. The molecule has 0 amide bonds. The summed E-state index contributed by atoms with van der Waals surface area (Å²) in [7, 11) is 1.99. The lowest BCUT2D eigenvalue weighted by molar-refractivity contribution is 0.575. The average molecular weight is 284 g/mol. The van der Waals surface area contributed by atoms with Gasteiger partial charge >= 0.3 is 0 Å². The number of hydrogen-bond donors (Lipinski definition) is 3. The average Bonchev–Trinajstić information content (AvgIpc) is 2.46. The summed E-state index contributed by atoms with van der Waals surface area (Å²) in [6, 6.07) is 10.2. The van der Waals surface area contributed by atoms with Crippen LogP contribution in [0.15, 0.2) is 30.3 Å². The van der Waals surface area contributed by atoms with Crippen LogP contribution in [0, 0.1) is 0 Å². The van der Waals surface area contributed by atoms with Gasteiger partial charge < -0.3 is 16.0 Å². The Labute approximate surface area is 122 Å². The molecule has 0 spiro atoms. The fourth-order valence-electron chi connectivity index (χ4n) is 1.86. The van der Waals surface area contributed by atoms with Crippen molar-refractivity contribution < 1.29 is 0 Å². The summed E-state index contributed by atoms with van der Waals surface area (Å²) in [4.78, 5) is 0. The Hall–Kier alpha value is -0.610. The number of benzene rings is 1. The van der Waals surface area contributed by atoms with Gasteiger partial charge in [-0.05, 0) is 51.6 Å². The van der Waals surface area contributed by atoms with Crippen LogP contribution in [0.2, 0.25) is 0 Å². The van der Waals surface area contributed by atoms with Crippen LogP contribution in [-0.4, -0.2) is 39.8 Å². The lowest BCUT2D eigenvalue weighted by Crippen LogP contribution is -2.26. The van der Waals surface area contributed by atoms with Crippen molar-refractivity contribution in [2.24, 2.45) is 0 Å². The second-order valence-corrected chi connectivity index (χ2v) is 5.17. The maximum Gasteiger partial charge on any atom is 0.0709 e. The molecule has 0 saturated carbocycles. The Morgan fingerprint density at radius 2 is 1.58 bits per heavy atom. The van der Waals surface area contributed by atoms with Crippen molar-refractivity contribution >= 4 is 11.6 Å². The molecule has 0 aliphatic heterocycles. The summed E-state index contributed by atoms with van der Waals surface area (Å²) >= 11 is 6.32. The van der Waals surface area contributed by atoms with Gasteiger partial charge in [0, 0.05) is 6.54 Å². The highest BCUT2D eigenvalue weighted by Gasteiger charge is 2.05. The maximum absolute atomic E-state index is 6.32. The van der Waals surface area contributed by atoms with Crippen molar-refractivity contribution in [1.82, 2.24) is 16.0 Å². The molecule has 0 heterocycles. The molecule has 0 aliphatic carbocycles. The van der Waals surface area contributed by atoms with Crippen LogP contribution in [0.25, 0.3) is 0 Å². The molecule has 3 nitrogen and oxygen atoms in total. The van der Waals surface area contributed by atoms with Crippen molar-refractivity contribution in [3.8, 4) is 0 Å². The predicted molar refractivity (Wildman–Crippen MR) is 83.9 cm³/mol. The van der Waals surface area contributed by atoms with Crippen molar-refractivity contribution in [3.63, 3.8) is 0 Å². The molecule has 1 atom stereocenters. The number of alkyl halides is 1. The summed E-state index contributed by atoms with van der Waals surface area (Å²) in [5.74, 6) is 0. The van der Waals surface area contributed by atoms with Crippen molar-refractivity contribution in [3.05, 3.63) is 35.9 Å². The molecule has 108 valence electrons. The number of rotatable bonds is 11. The largest absolute Gasteiger partial charge is 0.320 e. The van der Waals surface area contributed by atoms with E-state index in [1.807, 2.05) is 25.2 Å². The molecule has 4 heteroatoms. The van der Waals surface area contributed by atoms with Gasteiger partial charge in [0.15, 0.2) is 0 Å². The smallest absolute Gasteiger partial charge is 0.0709 e. The van der Waals surface area contributed by atoms with Crippen LogP contribution in [-0.2, 0) is 0 Å². The monoisotopic (exact) mass is 283 g/mol. The minimum Gasteiger partial charge on any atom is -0.320 e. The predicted octanol–water partition coefficient (Wildman–Crippen LogP) is 2.15. The third-order valence-electron chi connectivity index (χ3n) is 2.97. The van der Waals surface area contributed by atoms with E-state index in [0.29, 0.717) is 0 Å². The topological polar surface area (TPSA) is 36.1 Å². The molecule has 1 aromatic rings. The minimum absolute atomic E-state index is 0.0600. The molecule has 1 aromatic carbocycles. The van der Waals surface area contributed by atoms with E-state index >= 15 is 0 Å². The van der Waals surface area contributed by atoms with Crippen LogP contribution < -0.4 is 16.0 Å². The van der Waals surface area contributed by atoms with Gasteiger partial charge in [-0.1, -0.05) is 30.3 Å². The SMILES string of the molecule is CNCCCNCCCNCC(Cl)c1ccccc1. The summed E-state index contributed by atoms with van der Waals surface area (Å²) < 4.78 is 0. The first-order chi connectivity index (χ1) is 9.34. The molecule has 0 radical (unpaired) electrons. The Bertz CT molecular complexity index is 306. The molecule has 0 aromatic heterocycles. The van der Waals surface area contributed by atoms with Crippen LogP contribution in [0.1, 0.15) is 23.8 Å². The zero-order valence-corrected chi connectivity index (χ0v) is 12.5. The molecule has 19 heavy (non-hydrogen) atoms. The highest BCUT2D eigenvalue weighted by Crippen LogP contribution is 2.18. The van der Waals surface area contributed by atoms with Crippen molar-refractivity contribution in [1.29, 1.82) is 0 Å². The highest BCUT2D eigenvalue weighted by molar-refractivity contribution is 6.21. The number of halogens is 1. The first-order valence-corrected chi connectivity index (χ1v) is 7.53. The lowest BCUT2D eigenvalue weighted by atomic mass is 10.1. The van der Waals surface area contributed by atoms with Crippen molar-refractivity contribution in [2.75, 3.05) is 39.8 Å². The molecule has 1 rings (SSSR count). The van der Waals surface area contributed by atoms with Gasteiger partial charge in [0.05, 0.1) is 5.38 Å². The molecule has 0 saturated heterocycles. The Kier molecular flexibility index (Phi) is 9.72. The zero-order valence-electron chi connectivity index (χ0n) is 11.8. The quantitative estimate of drug-likeness (QED) is 0.430. The van der Waals surface area contributed by atoms with Gasteiger partial charge in [-0.15, -0.1) is 11.6 Å². The molecule has 0 bridgehead atoms. The summed E-state index contributed by atoms with van der Waals surface area (Å²) in [5, 5.41) is 10.0. The van der Waals surface area contributed by atoms with Crippen LogP contribution >= 0.6 is 11.6 Å². The van der Waals surface area contributed by atoms with Gasteiger partial charge in [-0.25, -0.2) is 0 Å². The van der Waals surface area contributed by atoms with Gasteiger partial charge in [-0.2, -0.15) is 0 Å². The Morgan fingerprint density at radius 1 is 0.947 bits per heavy atom. The van der Waals surface area contributed by atoms with Gasteiger partial charge in [0.25, 0.3) is 0 Å². The normalized spacial score (nSPS) is 12.5. The Morgan fingerprint density at radius 3 is 2.26 bits per heavy atom.